The van der Waals surface area contributed by atoms with Crippen molar-refractivity contribution in [2.45, 2.75) is 78.1 Å². The van der Waals surface area contributed by atoms with Crippen LogP contribution in [0.25, 0.3) is 0 Å². The summed E-state index contributed by atoms with van der Waals surface area (Å²) >= 11 is 0. The molecule has 0 aromatic heterocycles. The molecule has 0 aliphatic carbocycles. The minimum Gasteiger partial charge on any atom is -0.261 e. The molecular formula is C14H30N2O. The van der Waals surface area contributed by atoms with Crippen LogP contribution in [0.3, 0.4) is 0 Å². The van der Waals surface area contributed by atoms with Crippen molar-refractivity contribution < 1.29 is 0 Å². The number of hydrogen-bond donors (Lipinski definition) is 0. The molecule has 0 spiro atoms. The van der Waals surface area contributed by atoms with Gasteiger partial charge < -0.3 is 0 Å². The molecule has 3 heteroatoms. The summed E-state index contributed by atoms with van der Waals surface area (Å²) in [6.07, 6.45) is 13.3. The third kappa shape index (κ3) is 11.7. The second-order valence-electron chi connectivity index (χ2n) is 4.81. The molecule has 3 nitrogen and oxygen atoms in total. The van der Waals surface area contributed by atoms with Crippen molar-refractivity contribution in [2.24, 2.45) is 5.29 Å². The van der Waals surface area contributed by atoms with Gasteiger partial charge in [-0.3, -0.25) is 5.01 Å². The van der Waals surface area contributed by atoms with Crippen molar-refractivity contribution in [2.75, 3.05) is 13.1 Å². The quantitative estimate of drug-likeness (QED) is 0.261. The molecule has 0 aromatic rings. The Hall–Kier alpha value is -0.600. The molecule has 0 aromatic carbocycles. The summed E-state index contributed by atoms with van der Waals surface area (Å²) in [5.74, 6) is 0. The lowest BCUT2D eigenvalue weighted by molar-refractivity contribution is 0.291. The van der Waals surface area contributed by atoms with E-state index in [2.05, 4.69) is 12.2 Å². The first-order chi connectivity index (χ1) is 8.35. The third-order valence-electron chi connectivity index (χ3n) is 3.25. The molecule has 0 N–H and O–H groups in total. The first kappa shape index (κ1) is 16.4. The van der Waals surface area contributed by atoms with Crippen molar-refractivity contribution >= 4 is 0 Å². The van der Waals surface area contributed by atoms with Crippen molar-refractivity contribution in [3.05, 3.63) is 4.91 Å². The Morgan fingerprint density at radius 3 is 1.65 bits per heavy atom. The van der Waals surface area contributed by atoms with Crippen LogP contribution in [0.4, 0.5) is 0 Å². The average Bonchev–Trinajstić information content (AvgIpc) is 2.36. The van der Waals surface area contributed by atoms with Gasteiger partial charge in [0, 0.05) is 13.1 Å². The second-order valence-corrected chi connectivity index (χ2v) is 4.81. The van der Waals surface area contributed by atoms with Gasteiger partial charge in [-0.25, -0.2) is 0 Å². The van der Waals surface area contributed by atoms with Gasteiger partial charge in [-0.15, -0.1) is 4.91 Å². The highest BCUT2D eigenvalue weighted by Gasteiger charge is 1.98. The Morgan fingerprint density at radius 1 is 0.765 bits per heavy atom. The lowest BCUT2D eigenvalue weighted by atomic mass is 10.1. The summed E-state index contributed by atoms with van der Waals surface area (Å²) in [6, 6.07) is 0. The molecule has 0 saturated heterocycles. The number of rotatable bonds is 13. The Kier molecular flexibility index (Phi) is 13.0. The number of unbranched alkanes of at least 4 members (excludes halogenated alkanes) is 9. The minimum absolute atomic E-state index is 0.737. The highest BCUT2D eigenvalue weighted by molar-refractivity contribution is 4.51. The Labute approximate surface area is 107 Å². The van der Waals surface area contributed by atoms with Gasteiger partial charge in [-0.05, 0) is 13.3 Å². The van der Waals surface area contributed by atoms with Crippen LogP contribution < -0.4 is 0 Å². The van der Waals surface area contributed by atoms with Crippen LogP contribution in [0.5, 0.6) is 0 Å². The zero-order valence-corrected chi connectivity index (χ0v) is 11.8. The largest absolute Gasteiger partial charge is 0.261 e. The van der Waals surface area contributed by atoms with Crippen LogP contribution in [0.2, 0.25) is 0 Å². The topological polar surface area (TPSA) is 32.7 Å². The van der Waals surface area contributed by atoms with Crippen molar-refractivity contribution in [1.29, 1.82) is 0 Å². The van der Waals surface area contributed by atoms with E-state index in [0.717, 1.165) is 19.5 Å². The summed E-state index contributed by atoms with van der Waals surface area (Å²) in [7, 11) is 0. The second kappa shape index (κ2) is 13.5. The van der Waals surface area contributed by atoms with Gasteiger partial charge in [-0.2, -0.15) is 0 Å². The van der Waals surface area contributed by atoms with Crippen LogP contribution in [0.15, 0.2) is 5.29 Å². The van der Waals surface area contributed by atoms with Gasteiger partial charge in [0.1, 0.15) is 0 Å². The highest BCUT2D eigenvalue weighted by Crippen LogP contribution is 2.10. The van der Waals surface area contributed by atoms with Crippen LogP contribution >= 0.6 is 0 Å². The number of hydrogen-bond acceptors (Lipinski definition) is 2. The lowest BCUT2D eigenvalue weighted by Crippen LogP contribution is -2.16. The minimum atomic E-state index is 0.737. The Bertz CT molecular complexity index is 162. The van der Waals surface area contributed by atoms with Gasteiger partial charge in [0.15, 0.2) is 0 Å². The first-order valence-corrected chi connectivity index (χ1v) is 7.43. The molecule has 0 heterocycles. The monoisotopic (exact) mass is 242 g/mol. The normalized spacial score (nSPS) is 10.5. The van der Waals surface area contributed by atoms with E-state index in [-0.39, 0.29) is 0 Å². The van der Waals surface area contributed by atoms with Gasteiger partial charge in [-0.1, -0.05) is 64.7 Å². The molecule has 0 fully saturated rings. The SMILES string of the molecule is CCCCCCCCCCCCN(CC)N=O. The fourth-order valence-electron chi connectivity index (χ4n) is 2.04. The van der Waals surface area contributed by atoms with E-state index in [1.807, 2.05) is 6.92 Å². The third-order valence-corrected chi connectivity index (χ3v) is 3.25. The number of nitrogens with zero attached hydrogens (tertiary/aromatic N) is 2. The van der Waals surface area contributed by atoms with Crippen LogP contribution in [0.1, 0.15) is 78.1 Å². The molecule has 17 heavy (non-hydrogen) atoms. The maximum Gasteiger partial charge on any atom is 0.0523 e. The van der Waals surface area contributed by atoms with E-state index < -0.39 is 0 Å². The molecule has 0 amide bonds. The molecule has 102 valence electrons. The first-order valence-electron chi connectivity index (χ1n) is 7.43. The van der Waals surface area contributed by atoms with Gasteiger partial charge in [0.05, 0.1) is 5.29 Å². The average molecular weight is 242 g/mol. The standard InChI is InChI=1S/C14H30N2O/c1-3-5-6-7-8-9-10-11-12-13-14-16(4-2)15-17/h3-14H2,1-2H3. The van der Waals surface area contributed by atoms with Gasteiger partial charge in [0.2, 0.25) is 0 Å². The van der Waals surface area contributed by atoms with Crippen molar-refractivity contribution in [3.63, 3.8) is 0 Å². The predicted octanol–water partition coefficient (Wildman–Crippen LogP) is 4.91. The van der Waals surface area contributed by atoms with Gasteiger partial charge in [0.25, 0.3) is 0 Å². The Morgan fingerprint density at radius 2 is 1.24 bits per heavy atom. The molecule has 0 atom stereocenters. The van der Waals surface area contributed by atoms with E-state index in [9.17, 15) is 4.91 Å². The smallest absolute Gasteiger partial charge is 0.0523 e. The maximum atomic E-state index is 10.3. The fourth-order valence-corrected chi connectivity index (χ4v) is 2.04. The van der Waals surface area contributed by atoms with Crippen LogP contribution in [0, 0.1) is 4.91 Å². The zero-order valence-electron chi connectivity index (χ0n) is 11.8. The molecule has 0 bridgehead atoms. The summed E-state index contributed by atoms with van der Waals surface area (Å²) in [5.41, 5.74) is 0. The highest BCUT2D eigenvalue weighted by atomic mass is 16.3. The van der Waals surface area contributed by atoms with Crippen LogP contribution in [-0.4, -0.2) is 18.1 Å². The maximum absolute atomic E-state index is 10.3. The van der Waals surface area contributed by atoms with E-state index in [0.29, 0.717) is 0 Å². The molecule has 0 aliphatic heterocycles. The summed E-state index contributed by atoms with van der Waals surface area (Å²) < 4.78 is 0. The van der Waals surface area contributed by atoms with E-state index in [1.54, 1.807) is 5.01 Å². The van der Waals surface area contributed by atoms with E-state index in [4.69, 9.17) is 0 Å². The van der Waals surface area contributed by atoms with Gasteiger partial charge >= 0.3 is 0 Å². The molecule has 0 rings (SSSR count). The Balaban J connectivity index is 3.05. The van der Waals surface area contributed by atoms with Crippen LogP contribution in [-0.2, 0) is 0 Å². The predicted molar refractivity (Wildman–Crippen MR) is 74.9 cm³/mol. The van der Waals surface area contributed by atoms with Crippen molar-refractivity contribution in [3.8, 4) is 0 Å². The molecule has 0 unspecified atom stereocenters. The lowest BCUT2D eigenvalue weighted by Gasteiger charge is -2.11. The zero-order chi connectivity index (χ0) is 12.8. The number of nitroso groups, excluding NO2 is 1. The fraction of sp³-hybridized carbons (Fsp3) is 1.00. The van der Waals surface area contributed by atoms with E-state index in [1.165, 1.54) is 57.8 Å². The summed E-state index contributed by atoms with van der Waals surface area (Å²) in [6.45, 7) is 5.79. The summed E-state index contributed by atoms with van der Waals surface area (Å²) in [5, 5.41) is 4.57. The molecule has 0 saturated carbocycles. The van der Waals surface area contributed by atoms with Crippen molar-refractivity contribution in [1.82, 2.24) is 5.01 Å². The molecule has 0 radical (unpaired) electrons. The summed E-state index contributed by atoms with van der Waals surface area (Å²) in [4.78, 5) is 10.3. The van der Waals surface area contributed by atoms with E-state index >= 15 is 0 Å². The molecule has 0 aliphatic rings. The molecular weight excluding hydrogens is 212 g/mol.